The zero-order valence-electron chi connectivity index (χ0n) is 17.7. The molecule has 4 aliphatic carbocycles. The van der Waals surface area contributed by atoms with Crippen LogP contribution in [0.4, 0.5) is 0 Å². The molecule has 4 aliphatic rings. The molecule has 4 fully saturated rings. The molecule has 0 heterocycles. The van der Waals surface area contributed by atoms with Crippen LogP contribution in [-0.4, -0.2) is 18.0 Å². The van der Waals surface area contributed by atoms with Crippen LogP contribution in [0, 0.1) is 40.4 Å². The van der Waals surface area contributed by atoms with Crippen LogP contribution in [-0.2, 0) is 9.53 Å². The molecule has 0 radical (unpaired) electrons. The summed E-state index contributed by atoms with van der Waals surface area (Å²) in [6.07, 6.45) is 12.7. The summed E-state index contributed by atoms with van der Waals surface area (Å²) in [5.41, 5.74) is 0.823. The van der Waals surface area contributed by atoms with E-state index in [-0.39, 0.29) is 0 Å². The van der Waals surface area contributed by atoms with Crippen molar-refractivity contribution in [3.05, 3.63) is 0 Å². The molecule has 4 saturated carbocycles. The predicted molar refractivity (Wildman–Crippen MR) is 106 cm³/mol. The molecular weight excluding hydrogens is 320 g/mol. The molecule has 0 bridgehead atoms. The van der Waals surface area contributed by atoms with Gasteiger partial charge in [0.05, 0.1) is 12.2 Å². The topological polar surface area (TPSA) is 26.3 Å². The first-order valence-electron chi connectivity index (χ1n) is 11.4. The highest BCUT2D eigenvalue weighted by Gasteiger charge is 2.60. The SMILES string of the molecule is CC(=O)[C@H]1CC[C@H]2[C@@H]3CC[C@@H]4C[C@H](OC(C)C)CC[C@]4(C)[C@H]3CC[C@]12C. The van der Waals surface area contributed by atoms with Crippen LogP contribution < -0.4 is 0 Å². The molecule has 0 aromatic heterocycles. The maximum atomic E-state index is 12.3. The second-order valence-electron chi connectivity index (χ2n) is 11.0. The number of ketones is 1. The van der Waals surface area contributed by atoms with E-state index in [1.807, 2.05) is 6.92 Å². The second-order valence-corrected chi connectivity index (χ2v) is 11.0. The van der Waals surface area contributed by atoms with Gasteiger partial charge in [-0.3, -0.25) is 4.79 Å². The average molecular weight is 361 g/mol. The summed E-state index contributed by atoms with van der Waals surface area (Å²) in [5.74, 6) is 4.23. The molecule has 0 unspecified atom stereocenters. The lowest BCUT2D eigenvalue weighted by Gasteiger charge is -2.61. The number of carbonyl (C=O) groups excluding carboxylic acids is 1. The Kier molecular flexibility index (Phi) is 4.82. The third kappa shape index (κ3) is 2.81. The number of carbonyl (C=O) groups is 1. The van der Waals surface area contributed by atoms with Crippen LogP contribution >= 0.6 is 0 Å². The number of hydrogen-bond donors (Lipinski definition) is 0. The summed E-state index contributed by atoms with van der Waals surface area (Å²) in [7, 11) is 0. The maximum Gasteiger partial charge on any atom is 0.133 e. The van der Waals surface area contributed by atoms with E-state index >= 15 is 0 Å². The number of fused-ring (bicyclic) bond motifs is 5. The van der Waals surface area contributed by atoms with Crippen LogP contribution in [0.1, 0.15) is 92.4 Å². The van der Waals surface area contributed by atoms with E-state index in [1.54, 1.807) is 0 Å². The molecule has 2 heteroatoms. The highest BCUT2D eigenvalue weighted by molar-refractivity contribution is 5.79. The number of hydrogen-bond acceptors (Lipinski definition) is 2. The molecular formula is C24H40O2. The van der Waals surface area contributed by atoms with Gasteiger partial charge in [-0.2, -0.15) is 0 Å². The molecule has 0 amide bonds. The number of ether oxygens (including phenoxy) is 1. The van der Waals surface area contributed by atoms with Crippen molar-refractivity contribution in [2.75, 3.05) is 0 Å². The zero-order valence-corrected chi connectivity index (χ0v) is 17.7. The van der Waals surface area contributed by atoms with Crippen LogP contribution in [0.2, 0.25) is 0 Å². The van der Waals surface area contributed by atoms with Crippen LogP contribution in [0.25, 0.3) is 0 Å². The summed E-state index contributed by atoms with van der Waals surface area (Å²) < 4.78 is 6.21. The van der Waals surface area contributed by atoms with E-state index in [0.717, 1.165) is 30.1 Å². The van der Waals surface area contributed by atoms with Gasteiger partial charge in [0.15, 0.2) is 0 Å². The van der Waals surface area contributed by atoms with Gasteiger partial charge in [0.25, 0.3) is 0 Å². The van der Waals surface area contributed by atoms with Gasteiger partial charge in [-0.05, 0) is 113 Å². The predicted octanol–water partition coefficient (Wildman–Crippen LogP) is 6.03. The Balaban J connectivity index is 1.53. The van der Waals surface area contributed by atoms with E-state index in [0.29, 0.717) is 34.7 Å². The van der Waals surface area contributed by atoms with E-state index in [9.17, 15) is 4.79 Å². The van der Waals surface area contributed by atoms with Gasteiger partial charge in [-0.15, -0.1) is 0 Å². The fourth-order valence-electron chi connectivity index (χ4n) is 8.40. The fourth-order valence-corrected chi connectivity index (χ4v) is 8.40. The van der Waals surface area contributed by atoms with Gasteiger partial charge in [-0.1, -0.05) is 13.8 Å². The van der Waals surface area contributed by atoms with E-state index < -0.39 is 0 Å². The Hall–Kier alpha value is -0.370. The second kappa shape index (κ2) is 6.61. The molecule has 26 heavy (non-hydrogen) atoms. The smallest absolute Gasteiger partial charge is 0.133 e. The van der Waals surface area contributed by atoms with Gasteiger partial charge < -0.3 is 4.74 Å². The molecule has 8 atom stereocenters. The first kappa shape index (κ1) is 19.0. The summed E-state index contributed by atoms with van der Waals surface area (Å²) in [6, 6.07) is 0. The minimum absolute atomic E-state index is 0.300. The van der Waals surface area contributed by atoms with Crippen LogP contribution in [0.15, 0.2) is 0 Å². The van der Waals surface area contributed by atoms with Crippen molar-refractivity contribution in [3.63, 3.8) is 0 Å². The monoisotopic (exact) mass is 360 g/mol. The summed E-state index contributed by atoms with van der Waals surface area (Å²) in [5, 5.41) is 0. The molecule has 0 saturated heterocycles. The van der Waals surface area contributed by atoms with E-state index in [4.69, 9.17) is 4.74 Å². The number of rotatable bonds is 3. The average Bonchev–Trinajstić information content (AvgIpc) is 2.92. The minimum Gasteiger partial charge on any atom is -0.376 e. The van der Waals surface area contributed by atoms with Gasteiger partial charge in [0, 0.05) is 5.92 Å². The van der Waals surface area contributed by atoms with Gasteiger partial charge in [0.1, 0.15) is 5.78 Å². The quantitative estimate of drug-likeness (QED) is 0.614. The van der Waals surface area contributed by atoms with Gasteiger partial charge >= 0.3 is 0 Å². The first-order valence-corrected chi connectivity index (χ1v) is 11.4. The maximum absolute atomic E-state index is 12.3. The molecule has 2 nitrogen and oxygen atoms in total. The minimum atomic E-state index is 0.300. The fraction of sp³-hybridized carbons (Fsp3) is 0.958. The summed E-state index contributed by atoms with van der Waals surface area (Å²) in [6.45, 7) is 11.3. The van der Waals surface area contributed by atoms with Gasteiger partial charge in [0.2, 0.25) is 0 Å². The van der Waals surface area contributed by atoms with Crippen molar-refractivity contribution >= 4 is 5.78 Å². The summed E-state index contributed by atoms with van der Waals surface area (Å²) >= 11 is 0. The zero-order chi connectivity index (χ0) is 18.7. The lowest BCUT2D eigenvalue weighted by atomic mass is 9.44. The van der Waals surface area contributed by atoms with Crippen LogP contribution in [0.3, 0.4) is 0 Å². The standard InChI is InChI=1S/C24H40O2/c1-15(2)26-18-10-12-23(4)17(14-18)6-7-19-21-9-8-20(16(3)25)24(21,5)13-11-22(19)23/h15,17-22H,6-14H2,1-5H3/t17-,18-,19+,20-,21+,22+,23+,24-/m1/s1. The normalized spacial score (nSPS) is 50.8. The Morgan fingerprint density at radius 1 is 0.923 bits per heavy atom. The molecule has 0 spiro atoms. The Bertz CT molecular complexity index is 554. The third-order valence-corrected chi connectivity index (χ3v) is 9.57. The summed E-state index contributed by atoms with van der Waals surface area (Å²) in [4.78, 5) is 12.3. The first-order chi connectivity index (χ1) is 12.3. The van der Waals surface area contributed by atoms with Crippen molar-refractivity contribution < 1.29 is 9.53 Å². The van der Waals surface area contributed by atoms with Gasteiger partial charge in [-0.25, -0.2) is 0 Å². The van der Waals surface area contributed by atoms with Crippen molar-refractivity contribution in [3.8, 4) is 0 Å². The van der Waals surface area contributed by atoms with Crippen molar-refractivity contribution in [1.82, 2.24) is 0 Å². The molecule has 0 aromatic carbocycles. The molecule has 148 valence electrons. The largest absolute Gasteiger partial charge is 0.376 e. The Labute approximate surface area is 160 Å². The Morgan fingerprint density at radius 3 is 2.31 bits per heavy atom. The van der Waals surface area contributed by atoms with E-state index in [1.165, 1.54) is 51.4 Å². The third-order valence-electron chi connectivity index (χ3n) is 9.57. The highest BCUT2D eigenvalue weighted by Crippen LogP contribution is 2.67. The van der Waals surface area contributed by atoms with Crippen LogP contribution in [0.5, 0.6) is 0 Å². The molecule has 4 rings (SSSR count). The van der Waals surface area contributed by atoms with Crippen molar-refractivity contribution in [2.45, 2.75) is 105 Å². The van der Waals surface area contributed by atoms with E-state index in [2.05, 4.69) is 27.7 Å². The highest BCUT2D eigenvalue weighted by atomic mass is 16.5. The van der Waals surface area contributed by atoms with Crippen molar-refractivity contribution in [2.24, 2.45) is 40.4 Å². The molecule has 0 N–H and O–H groups in total. The molecule has 0 aliphatic heterocycles. The lowest BCUT2D eigenvalue weighted by Crippen LogP contribution is -2.54. The Morgan fingerprint density at radius 2 is 1.62 bits per heavy atom. The van der Waals surface area contributed by atoms with Crippen molar-refractivity contribution in [1.29, 1.82) is 0 Å². The number of Topliss-reactive ketones (excluding diaryl/α,β-unsaturated/α-hetero) is 1. The lowest BCUT2D eigenvalue weighted by molar-refractivity contribution is -0.145. The molecule has 0 aromatic rings.